The number of amides is 1. The van der Waals surface area contributed by atoms with Crippen molar-refractivity contribution in [1.29, 1.82) is 0 Å². The number of para-hydroxylation sites is 2. The van der Waals surface area contributed by atoms with Crippen LogP contribution < -0.4 is 14.8 Å². The number of ether oxygens (including phenoxy) is 2. The number of nitrogens with one attached hydrogen (secondary N) is 1. The second-order valence-electron chi connectivity index (χ2n) is 7.49. The maximum atomic E-state index is 12.9. The predicted octanol–water partition coefficient (Wildman–Crippen LogP) is 3.42. The smallest absolute Gasteiger partial charge is 0.240 e. The highest BCUT2D eigenvalue weighted by molar-refractivity contribution is 5.81. The summed E-state index contributed by atoms with van der Waals surface area (Å²) in [7, 11) is 0. The van der Waals surface area contributed by atoms with Crippen LogP contribution in [-0.2, 0) is 23.3 Å². The molecule has 1 N–H and O–H groups in total. The summed E-state index contributed by atoms with van der Waals surface area (Å²) in [4.78, 5) is 17.5. The molecule has 1 aromatic heterocycles. The Morgan fingerprint density at radius 1 is 1.14 bits per heavy atom. The van der Waals surface area contributed by atoms with E-state index in [1.54, 1.807) is 0 Å². The van der Waals surface area contributed by atoms with Crippen molar-refractivity contribution in [1.82, 2.24) is 14.9 Å². The molecule has 0 aliphatic carbocycles. The first-order chi connectivity index (χ1) is 13.5. The number of aromatic nitrogens is 2. The molecule has 6 heteroatoms. The third-order valence-electron chi connectivity index (χ3n) is 5.07. The standard InChI is InChI=1S/C22H25N3O3/c1-4-20-23-16-7-5-6-8-17(16)25(20)14-21(26)24-22(2,3)15-9-10-18-19(13-15)28-12-11-27-18/h5-10,13H,4,11-12,14H2,1-3H3,(H,24,26). The van der Waals surface area contributed by atoms with Crippen LogP contribution in [0.3, 0.4) is 0 Å². The van der Waals surface area contributed by atoms with Crippen molar-refractivity contribution < 1.29 is 14.3 Å². The molecule has 0 spiro atoms. The van der Waals surface area contributed by atoms with Crippen molar-refractivity contribution in [3.05, 3.63) is 53.9 Å². The fraction of sp³-hybridized carbons (Fsp3) is 0.364. The summed E-state index contributed by atoms with van der Waals surface area (Å²) >= 11 is 0. The Balaban J connectivity index is 1.55. The van der Waals surface area contributed by atoms with E-state index in [1.165, 1.54) is 0 Å². The highest BCUT2D eigenvalue weighted by Crippen LogP contribution is 2.34. The first kappa shape index (κ1) is 18.3. The number of hydrogen-bond acceptors (Lipinski definition) is 4. The SMILES string of the molecule is CCc1nc2ccccc2n1CC(=O)NC(C)(C)c1ccc2c(c1)OCCO2. The zero-order chi connectivity index (χ0) is 19.7. The Morgan fingerprint density at radius 3 is 2.68 bits per heavy atom. The second-order valence-corrected chi connectivity index (χ2v) is 7.49. The Labute approximate surface area is 164 Å². The van der Waals surface area contributed by atoms with E-state index in [0.29, 0.717) is 13.2 Å². The van der Waals surface area contributed by atoms with Crippen molar-refractivity contribution in [3.8, 4) is 11.5 Å². The lowest BCUT2D eigenvalue weighted by Crippen LogP contribution is -2.42. The van der Waals surface area contributed by atoms with E-state index in [-0.39, 0.29) is 12.5 Å². The van der Waals surface area contributed by atoms with Gasteiger partial charge >= 0.3 is 0 Å². The maximum absolute atomic E-state index is 12.9. The van der Waals surface area contributed by atoms with Crippen LogP contribution in [0.2, 0.25) is 0 Å². The van der Waals surface area contributed by atoms with Crippen LogP contribution in [0.4, 0.5) is 0 Å². The highest BCUT2D eigenvalue weighted by atomic mass is 16.6. The number of hydrogen-bond donors (Lipinski definition) is 1. The van der Waals surface area contributed by atoms with Gasteiger partial charge in [0.15, 0.2) is 11.5 Å². The van der Waals surface area contributed by atoms with E-state index >= 15 is 0 Å². The number of aryl methyl sites for hydroxylation is 1. The molecule has 146 valence electrons. The minimum absolute atomic E-state index is 0.0576. The molecule has 0 bridgehead atoms. The van der Waals surface area contributed by atoms with Crippen LogP contribution >= 0.6 is 0 Å². The molecule has 0 saturated carbocycles. The first-order valence-electron chi connectivity index (χ1n) is 9.63. The minimum atomic E-state index is -0.546. The predicted molar refractivity (Wildman–Crippen MR) is 108 cm³/mol. The summed E-state index contributed by atoms with van der Waals surface area (Å²) in [5.74, 6) is 2.32. The Bertz CT molecular complexity index is 1020. The number of imidazole rings is 1. The molecule has 2 aromatic carbocycles. The van der Waals surface area contributed by atoms with Crippen molar-refractivity contribution in [2.75, 3.05) is 13.2 Å². The molecule has 1 aliphatic rings. The number of benzene rings is 2. The van der Waals surface area contributed by atoms with Gasteiger partial charge in [-0.2, -0.15) is 0 Å². The first-order valence-corrected chi connectivity index (χ1v) is 9.63. The fourth-order valence-electron chi connectivity index (χ4n) is 3.61. The quantitative estimate of drug-likeness (QED) is 0.738. The zero-order valence-electron chi connectivity index (χ0n) is 16.5. The normalized spacial score (nSPS) is 13.5. The van der Waals surface area contributed by atoms with Crippen molar-refractivity contribution in [2.24, 2.45) is 0 Å². The van der Waals surface area contributed by atoms with E-state index in [2.05, 4.69) is 17.2 Å². The zero-order valence-corrected chi connectivity index (χ0v) is 16.5. The van der Waals surface area contributed by atoms with Gasteiger partial charge in [0.05, 0.1) is 16.6 Å². The van der Waals surface area contributed by atoms with Gasteiger partial charge < -0.3 is 19.4 Å². The summed E-state index contributed by atoms with van der Waals surface area (Å²) < 4.78 is 13.3. The van der Waals surface area contributed by atoms with Gasteiger partial charge in [0.2, 0.25) is 5.91 Å². The molecule has 0 unspecified atom stereocenters. The Morgan fingerprint density at radius 2 is 1.89 bits per heavy atom. The monoisotopic (exact) mass is 379 g/mol. The van der Waals surface area contributed by atoms with Gasteiger partial charge in [-0.1, -0.05) is 25.1 Å². The fourth-order valence-corrected chi connectivity index (χ4v) is 3.61. The molecule has 0 saturated heterocycles. The van der Waals surface area contributed by atoms with Gasteiger partial charge in [0.25, 0.3) is 0 Å². The molecular weight excluding hydrogens is 354 g/mol. The number of fused-ring (bicyclic) bond motifs is 2. The summed E-state index contributed by atoms with van der Waals surface area (Å²) in [5.41, 5.74) is 2.32. The average Bonchev–Trinajstić information content (AvgIpc) is 3.04. The van der Waals surface area contributed by atoms with Crippen LogP contribution in [0.1, 0.15) is 32.2 Å². The number of rotatable bonds is 5. The molecule has 6 nitrogen and oxygen atoms in total. The average molecular weight is 379 g/mol. The van der Waals surface area contributed by atoms with Crippen molar-refractivity contribution in [2.45, 2.75) is 39.3 Å². The van der Waals surface area contributed by atoms with Crippen molar-refractivity contribution >= 4 is 16.9 Å². The molecule has 3 aromatic rings. The second kappa shape index (κ2) is 7.19. The molecule has 0 radical (unpaired) electrons. The summed E-state index contributed by atoms with van der Waals surface area (Å²) in [6.07, 6.45) is 0.771. The topological polar surface area (TPSA) is 65.4 Å². The lowest BCUT2D eigenvalue weighted by Gasteiger charge is -2.29. The Hall–Kier alpha value is -3.02. The van der Waals surface area contributed by atoms with Crippen LogP contribution in [-0.4, -0.2) is 28.7 Å². The van der Waals surface area contributed by atoms with E-state index in [1.807, 2.05) is 60.9 Å². The molecule has 2 heterocycles. The van der Waals surface area contributed by atoms with Gasteiger partial charge in [-0.3, -0.25) is 4.79 Å². The van der Waals surface area contributed by atoms with E-state index in [9.17, 15) is 4.79 Å². The van der Waals surface area contributed by atoms with Crippen molar-refractivity contribution in [3.63, 3.8) is 0 Å². The largest absolute Gasteiger partial charge is 0.486 e. The minimum Gasteiger partial charge on any atom is -0.486 e. The van der Waals surface area contributed by atoms with E-state index < -0.39 is 5.54 Å². The molecule has 28 heavy (non-hydrogen) atoms. The third-order valence-corrected chi connectivity index (χ3v) is 5.07. The molecular formula is C22H25N3O3. The van der Waals surface area contributed by atoms with Crippen LogP contribution in [0.15, 0.2) is 42.5 Å². The molecule has 0 fully saturated rings. The number of carbonyl (C=O) groups is 1. The summed E-state index contributed by atoms with van der Waals surface area (Å²) in [6, 6.07) is 13.7. The lowest BCUT2D eigenvalue weighted by atomic mass is 9.93. The van der Waals surface area contributed by atoms with Gasteiger partial charge in [-0.25, -0.2) is 4.98 Å². The van der Waals surface area contributed by atoms with E-state index in [4.69, 9.17) is 9.47 Å². The van der Waals surface area contributed by atoms with Gasteiger partial charge in [0.1, 0.15) is 25.6 Å². The molecule has 4 rings (SSSR count). The van der Waals surface area contributed by atoms with E-state index in [0.717, 1.165) is 40.3 Å². The van der Waals surface area contributed by atoms with Gasteiger partial charge in [0, 0.05) is 6.42 Å². The molecule has 0 atom stereocenters. The van der Waals surface area contributed by atoms with Gasteiger partial charge in [-0.15, -0.1) is 0 Å². The van der Waals surface area contributed by atoms with Gasteiger partial charge in [-0.05, 0) is 43.7 Å². The summed E-state index contributed by atoms with van der Waals surface area (Å²) in [6.45, 7) is 7.36. The summed E-state index contributed by atoms with van der Waals surface area (Å²) in [5, 5.41) is 3.15. The number of carbonyl (C=O) groups excluding carboxylic acids is 1. The number of nitrogens with zero attached hydrogens (tertiary/aromatic N) is 2. The van der Waals surface area contributed by atoms with Crippen LogP contribution in [0, 0.1) is 0 Å². The molecule has 1 aliphatic heterocycles. The highest BCUT2D eigenvalue weighted by Gasteiger charge is 2.26. The Kier molecular flexibility index (Phi) is 4.71. The maximum Gasteiger partial charge on any atom is 0.240 e. The lowest BCUT2D eigenvalue weighted by molar-refractivity contribution is -0.123. The van der Waals surface area contributed by atoms with Crippen LogP contribution in [0.5, 0.6) is 11.5 Å². The van der Waals surface area contributed by atoms with Crippen LogP contribution in [0.25, 0.3) is 11.0 Å². The third kappa shape index (κ3) is 3.42. The molecule has 1 amide bonds.